The second-order valence-electron chi connectivity index (χ2n) is 10.2. The van der Waals surface area contributed by atoms with Gasteiger partial charge in [0.2, 0.25) is 5.91 Å². The van der Waals surface area contributed by atoms with Crippen LogP contribution in [0.4, 0.5) is 10.5 Å². The van der Waals surface area contributed by atoms with Crippen molar-refractivity contribution in [2.24, 2.45) is 0 Å². The summed E-state index contributed by atoms with van der Waals surface area (Å²) >= 11 is 0. The smallest absolute Gasteiger partial charge is 0.318 e. The van der Waals surface area contributed by atoms with Gasteiger partial charge in [-0.15, -0.1) is 0 Å². The van der Waals surface area contributed by atoms with E-state index in [2.05, 4.69) is 33.4 Å². The Hall–Kier alpha value is -4.15. The predicted molar refractivity (Wildman–Crippen MR) is 147 cm³/mol. The maximum Gasteiger partial charge on any atom is 0.318 e. The highest BCUT2D eigenvalue weighted by molar-refractivity contribution is 6.01. The highest BCUT2D eigenvalue weighted by Crippen LogP contribution is 2.36. The minimum Gasteiger partial charge on any atom is -0.331 e. The van der Waals surface area contributed by atoms with Crippen molar-refractivity contribution in [1.29, 1.82) is 0 Å². The van der Waals surface area contributed by atoms with Crippen LogP contribution in [-0.4, -0.2) is 66.5 Å². The highest BCUT2D eigenvalue weighted by Gasteiger charge is 2.48. The molecule has 0 bridgehead atoms. The zero-order valence-electron chi connectivity index (χ0n) is 22.2. The normalized spacial score (nSPS) is 18.4. The first kappa shape index (κ1) is 26.9. The molecule has 2 heterocycles. The topological polar surface area (TPSA) is 118 Å². The summed E-state index contributed by atoms with van der Waals surface area (Å²) in [5, 5.41) is 8.84. The van der Waals surface area contributed by atoms with Crippen LogP contribution in [0.25, 0.3) is 0 Å². The number of hydrogen-bond acceptors (Lipinski definition) is 6. The summed E-state index contributed by atoms with van der Waals surface area (Å²) in [6, 6.07) is 16.2. The van der Waals surface area contributed by atoms with Crippen LogP contribution in [0.2, 0.25) is 0 Å². The fourth-order valence-corrected chi connectivity index (χ4v) is 4.78. The van der Waals surface area contributed by atoms with Crippen LogP contribution in [0.15, 0.2) is 78.5 Å². The number of nitrogens with zero attached hydrogens (tertiary/aromatic N) is 2. The fraction of sp³-hybridized carbons (Fsp3) is 0.321. The Labute approximate surface area is 223 Å². The molecule has 10 nitrogen and oxygen atoms in total. The summed E-state index contributed by atoms with van der Waals surface area (Å²) in [7, 11) is 3.95. The summed E-state index contributed by atoms with van der Waals surface area (Å²) in [6.45, 7) is 8.39. The van der Waals surface area contributed by atoms with Gasteiger partial charge in [-0.25, -0.2) is 10.2 Å². The van der Waals surface area contributed by atoms with Crippen LogP contribution in [0.1, 0.15) is 35.8 Å². The van der Waals surface area contributed by atoms with E-state index in [9.17, 15) is 14.4 Å². The Morgan fingerprint density at radius 1 is 1.16 bits per heavy atom. The van der Waals surface area contributed by atoms with Gasteiger partial charge in [-0.2, -0.15) is 0 Å². The lowest BCUT2D eigenvalue weighted by Crippen LogP contribution is -2.56. The molecule has 1 unspecified atom stereocenters. The van der Waals surface area contributed by atoms with Gasteiger partial charge < -0.3 is 31.2 Å². The first-order valence-corrected chi connectivity index (χ1v) is 12.5. The number of hydrazine groups is 1. The van der Waals surface area contributed by atoms with Crippen LogP contribution in [0, 0.1) is 0 Å². The number of rotatable bonds is 8. The molecular formula is C28H35N7O3. The van der Waals surface area contributed by atoms with E-state index in [0.29, 0.717) is 24.3 Å². The molecule has 2 aromatic rings. The van der Waals surface area contributed by atoms with E-state index in [0.717, 1.165) is 16.8 Å². The number of urea groups is 1. The Morgan fingerprint density at radius 3 is 2.58 bits per heavy atom. The van der Waals surface area contributed by atoms with Crippen molar-refractivity contribution in [1.82, 2.24) is 31.3 Å². The van der Waals surface area contributed by atoms with Gasteiger partial charge in [-0.1, -0.05) is 43.0 Å². The molecule has 2 atom stereocenters. The largest absolute Gasteiger partial charge is 0.331 e. The van der Waals surface area contributed by atoms with Gasteiger partial charge in [0.05, 0.1) is 17.3 Å². The van der Waals surface area contributed by atoms with Gasteiger partial charge in [-0.05, 0) is 57.8 Å². The molecule has 2 aliphatic heterocycles. The first-order chi connectivity index (χ1) is 18.1. The van der Waals surface area contributed by atoms with Gasteiger partial charge in [0.25, 0.3) is 5.91 Å². The van der Waals surface area contributed by atoms with Crippen molar-refractivity contribution in [3.05, 3.63) is 89.6 Å². The molecular weight excluding hydrogens is 482 g/mol. The van der Waals surface area contributed by atoms with E-state index >= 15 is 0 Å². The van der Waals surface area contributed by atoms with Gasteiger partial charge in [0.15, 0.2) is 0 Å². The van der Waals surface area contributed by atoms with Crippen molar-refractivity contribution in [3.63, 3.8) is 0 Å². The van der Waals surface area contributed by atoms with E-state index in [4.69, 9.17) is 0 Å². The number of amides is 4. The zero-order valence-corrected chi connectivity index (χ0v) is 22.2. The minimum absolute atomic E-state index is 0.180. The van der Waals surface area contributed by atoms with E-state index in [1.165, 1.54) is 6.08 Å². The van der Waals surface area contributed by atoms with Gasteiger partial charge in [-0.3, -0.25) is 9.59 Å². The average Bonchev–Trinajstić information content (AvgIpc) is 3.41. The lowest BCUT2D eigenvalue weighted by Gasteiger charge is -2.36. The van der Waals surface area contributed by atoms with Crippen LogP contribution in [0.5, 0.6) is 0 Å². The lowest BCUT2D eigenvalue weighted by molar-refractivity contribution is -0.111. The van der Waals surface area contributed by atoms with E-state index in [1.807, 2.05) is 63.2 Å². The zero-order chi connectivity index (χ0) is 27.4. The third kappa shape index (κ3) is 5.71. The molecule has 0 aromatic heterocycles. The lowest BCUT2D eigenvalue weighted by atomic mass is 10.0. The summed E-state index contributed by atoms with van der Waals surface area (Å²) in [5.41, 5.74) is 9.34. The van der Waals surface area contributed by atoms with E-state index in [-0.39, 0.29) is 23.9 Å². The molecule has 10 heteroatoms. The Balaban J connectivity index is 1.46. The standard InChI is InChI=1S/C28H35N7O3/c1-6-23(36)29-20-14-10-13-19(15-20)26(37)31-25-21-16-35(28(2,3)24(21)32-33-25)27(38)30-22(17-34(4)5)18-11-8-7-9-12-18/h6-15,22,25,32-33H,1,16-17H2,2-5H3,(H,29,36)(H,30,38)(H,31,37)/t22-,25?/m1/s1. The number of benzene rings is 2. The monoisotopic (exact) mass is 517 g/mol. The number of hydrogen-bond donors (Lipinski definition) is 5. The summed E-state index contributed by atoms with van der Waals surface area (Å²) in [6.07, 6.45) is 0.661. The van der Waals surface area contributed by atoms with E-state index in [1.54, 1.807) is 29.2 Å². The van der Waals surface area contributed by atoms with Crippen LogP contribution in [-0.2, 0) is 4.79 Å². The van der Waals surface area contributed by atoms with Crippen molar-refractivity contribution >= 4 is 23.5 Å². The second-order valence-corrected chi connectivity index (χ2v) is 10.2. The van der Waals surface area contributed by atoms with Gasteiger partial charge >= 0.3 is 6.03 Å². The van der Waals surface area contributed by atoms with Gasteiger partial charge in [0, 0.05) is 29.9 Å². The quantitative estimate of drug-likeness (QED) is 0.343. The predicted octanol–water partition coefficient (Wildman–Crippen LogP) is 2.34. The molecule has 0 spiro atoms. The highest BCUT2D eigenvalue weighted by atomic mass is 16.2. The number of carbonyl (C=O) groups is 3. The molecule has 4 amide bonds. The van der Waals surface area contributed by atoms with Gasteiger partial charge in [0.1, 0.15) is 6.17 Å². The van der Waals surface area contributed by atoms with Crippen LogP contribution in [0.3, 0.4) is 0 Å². The number of nitrogens with one attached hydrogen (secondary N) is 5. The maximum atomic E-state index is 13.6. The molecule has 0 fully saturated rings. The van der Waals surface area contributed by atoms with E-state index < -0.39 is 11.7 Å². The third-order valence-electron chi connectivity index (χ3n) is 6.77. The van der Waals surface area contributed by atoms with Crippen LogP contribution < -0.4 is 26.8 Å². The summed E-state index contributed by atoms with van der Waals surface area (Å²) < 4.78 is 0. The third-order valence-corrected chi connectivity index (χ3v) is 6.77. The Kier molecular flexibility index (Phi) is 7.84. The summed E-state index contributed by atoms with van der Waals surface area (Å²) in [4.78, 5) is 42.0. The molecule has 0 radical (unpaired) electrons. The number of anilines is 1. The van der Waals surface area contributed by atoms with Crippen molar-refractivity contribution in [2.45, 2.75) is 31.6 Å². The number of likely N-dealkylation sites (N-methyl/N-ethyl adjacent to an activating group) is 1. The van der Waals surface area contributed by atoms with Crippen molar-refractivity contribution < 1.29 is 14.4 Å². The molecule has 2 aliphatic rings. The molecule has 4 rings (SSSR count). The molecule has 200 valence electrons. The molecule has 0 aliphatic carbocycles. The van der Waals surface area contributed by atoms with Crippen molar-refractivity contribution in [3.8, 4) is 0 Å². The first-order valence-electron chi connectivity index (χ1n) is 12.5. The minimum atomic E-state index is -0.625. The maximum absolute atomic E-state index is 13.6. The molecule has 2 aromatic carbocycles. The molecule has 38 heavy (non-hydrogen) atoms. The molecule has 0 saturated carbocycles. The second kappa shape index (κ2) is 11.1. The molecule has 0 saturated heterocycles. The Bertz CT molecular complexity index is 1260. The fourth-order valence-electron chi connectivity index (χ4n) is 4.78. The number of carbonyl (C=O) groups excluding carboxylic acids is 3. The average molecular weight is 518 g/mol. The SMILES string of the molecule is C=CC(=O)Nc1cccc(C(=O)NC2NNC3=C2CN(C(=O)N[C@H](CN(C)C)c2ccccc2)C3(C)C)c1. The van der Waals surface area contributed by atoms with Crippen molar-refractivity contribution in [2.75, 3.05) is 32.5 Å². The summed E-state index contributed by atoms with van der Waals surface area (Å²) in [5.74, 6) is -0.672. The molecule has 5 N–H and O–H groups in total. The Morgan fingerprint density at radius 2 is 1.89 bits per heavy atom. The van der Waals surface area contributed by atoms with Crippen LogP contribution >= 0.6 is 0 Å².